The molecule has 4 nitrogen and oxygen atoms in total. The number of rotatable bonds is 6. The van der Waals surface area contributed by atoms with Crippen molar-refractivity contribution in [3.05, 3.63) is 18.2 Å². The summed E-state index contributed by atoms with van der Waals surface area (Å²) in [6, 6.07) is 8.29. The molecular formula is C15H23N3O. The molecule has 4 heteroatoms. The standard InChI is InChI=1S/C15H23N3O/c1-11(2)18(9-5-8-16)13-6-7-14(17)15(10-13)19-12(3)4/h6-7,10-12H,5,9,17H2,1-4H3. The molecule has 1 aromatic carbocycles. The average Bonchev–Trinajstić information content (AvgIpc) is 2.32. The number of hydrogen-bond donors (Lipinski definition) is 1. The van der Waals surface area contributed by atoms with Crippen molar-refractivity contribution in [2.75, 3.05) is 17.2 Å². The molecule has 0 radical (unpaired) electrons. The minimum Gasteiger partial charge on any atom is -0.489 e. The van der Waals surface area contributed by atoms with Gasteiger partial charge in [-0.3, -0.25) is 0 Å². The molecule has 0 saturated carbocycles. The van der Waals surface area contributed by atoms with Crippen LogP contribution in [0.5, 0.6) is 5.75 Å². The summed E-state index contributed by atoms with van der Waals surface area (Å²) in [6.45, 7) is 8.87. The van der Waals surface area contributed by atoms with E-state index in [1.54, 1.807) is 0 Å². The van der Waals surface area contributed by atoms with E-state index in [-0.39, 0.29) is 6.10 Å². The van der Waals surface area contributed by atoms with Crippen molar-refractivity contribution >= 4 is 11.4 Å². The van der Waals surface area contributed by atoms with Gasteiger partial charge in [0, 0.05) is 24.3 Å². The van der Waals surface area contributed by atoms with Gasteiger partial charge in [-0.15, -0.1) is 0 Å². The molecule has 0 spiro atoms. The summed E-state index contributed by atoms with van der Waals surface area (Å²) in [7, 11) is 0. The Hall–Kier alpha value is -1.89. The summed E-state index contributed by atoms with van der Waals surface area (Å²) in [5.74, 6) is 0.704. The van der Waals surface area contributed by atoms with E-state index < -0.39 is 0 Å². The van der Waals surface area contributed by atoms with Gasteiger partial charge in [0.05, 0.1) is 24.3 Å². The molecule has 104 valence electrons. The number of ether oxygens (including phenoxy) is 1. The van der Waals surface area contributed by atoms with Crippen LogP contribution in [-0.2, 0) is 0 Å². The first-order valence-corrected chi connectivity index (χ1v) is 6.65. The Morgan fingerprint density at radius 1 is 1.32 bits per heavy atom. The lowest BCUT2D eigenvalue weighted by atomic mass is 10.2. The highest BCUT2D eigenvalue weighted by Crippen LogP contribution is 2.29. The van der Waals surface area contributed by atoms with E-state index in [0.717, 1.165) is 5.69 Å². The molecule has 2 N–H and O–H groups in total. The number of nitrogen functional groups attached to an aromatic ring is 1. The summed E-state index contributed by atoms with van der Waals surface area (Å²) in [6.07, 6.45) is 0.590. The van der Waals surface area contributed by atoms with E-state index in [1.807, 2.05) is 32.0 Å². The van der Waals surface area contributed by atoms with Crippen LogP contribution in [0.3, 0.4) is 0 Å². The fourth-order valence-corrected chi connectivity index (χ4v) is 1.91. The van der Waals surface area contributed by atoms with Crippen LogP contribution in [0, 0.1) is 11.3 Å². The zero-order valence-corrected chi connectivity index (χ0v) is 12.2. The molecule has 0 aromatic heterocycles. The van der Waals surface area contributed by atoms with E-state index in [9.17, 15) is 0 Å². The smallest absolute Gasteiger partial charge is 0.144 e. The zero-order valence-electron chi connectivity index (χ0n) is 12.2. The highest BCUT2D eigenvalue weighted by molar-refractivity contribution is 5.62. The molecule has 0 aliphatic carbocycles. The van der Waals surface area contributed by atoms with Crippen LogP contribution in [0.1, 0.15) is 34.1 Å². The van der Waals surface area contributed by atoms with Gasteiger partial charge in [0.15, 0.2) is 0 Å². The average molecular weight is 261 g/mol. The fraction of sp³-hybridized carbons (Fsp3) is 0.533. The maximum absolute atomic E-state index is 8.74. The highest BCUT2D eigenvalue weighted by atomic mass is 16.5. The molecule has 0 heterocycles. The van der Waals surface area contributed by atoms with Crippen molar-refractivity contribution in [1.29, 1.82) is 5.26 Å². The van der Waals surface area contributed by atoms with E-state index in [2.05, 4.69) is 24.8 Å². The number of nitrogens with zero attached hydrogens (tertiary/aromatic N) is 2. The first-order valence-electron chi connectivity index (χ1n) is 6.65. The van der Waals surface area contributed by atoms with Gasteiger partial charge >= 0.3 is 0 Å². The van der Waals surface area contributed by atoms with Gasteiger partial charge in [0.1, 0.15) is 5.75 Å². The molecule has 0 atom stereocenters. The van der Waals surface area contributed by atoms with Crippen molar-refractivity contribution in [1.82, 2.24) is 0 Å². The van der Waals surface area contributed by atoms with Crippen LogP contribution in [0.15, 0.2) is 18.2 Å². The first-order chi connectivity index (χ1) is 8.95. The predicted octanol–water partition coefficient (Wildman–Crippen LogP) is 3.18. The van der Waals surface area contributed by atoms with E-state index >= 15 is 0 Å². The molecular weight excluding hydrogens is 238 g/mol. The molecule has 1 aromatic rings. The second-order valence-corrected chi connectivity index (χ2v) is 5.08. The van der Waals surface area contributed by atoms with Gasteiger partial charge in [-0.25, -0.2) is 0 Å². The molecule has 19 heavy (non-hydrogen) atoms. The van der Waals surface area contributed by atoms with E-state index in [0.29, 0.717) is 30.4 Å². The fourth-order valence-electron chi connectivity index (χ4n) is 1.91. The number of nitriles is 1. The first kappa shape index (κ1) is 15.2. The second kappa shape index (κ2) is 6.89. The van der Waals surface area contributed by atoms with Gasteiger partial charge < -0.3 is 15.4 Å². The Kier molecular flexibility index (Phi) is 5.50. The van der Waals surface area contributed by atoms with Gasteiger partial charge in [0.2, 0.25) is 0 Å². The third kappa shape index (κ3) is 4.36. The van der Waals surface area contributed by atoms with Gasteiger partial charge in [-0.1, -0.05) is 0 Å². The largest absolute Gasteiger partial charge is 0.489 e. The number of hydrogen-bond acceptors (Lipinski definition) is 4. The second-order valence-electron chi connectivity index (χ2n) is 5.08. The Morgan fingerprint density at radius 2 is 2.00 bits per heavy atom. The Bertz CT molecular complexity index is 449. The van der Waals surface area contributed by atoms with Crippen LogP contribution < -0.4 is 15.4 Å². The SMILES string of the molecule is CC(C)Oc1cc(N(CCC#N)C(C)C)ccc1N. The van der Waals surface area contributed by atoms with E-state index in [1.165, 1.54) is 0 Å². The third-order valence-electron chi connectivity index (χ3n) is 2.78. The summed E-state index contributed by atoms with van der Waals surface area (Å²) in [4.78, 5) is 2.18. The minimum atomic E-state index is 0.0872. The summed E-state index contributed by atoms with van der Waals surface area (Å²) >= 11 is 0. The van der Waals surface area contributed by atoms with Crippen molar-refractivity contribution in [3.63, 3.8) is 0 Å². The highest BCUT2D eigenvalue weighted by Gasteiger charge is 2.13. The zero-order chi connectivity index (χ0) is 14.4. The van der Waals surface area contributed by atoms with Crippen LogP contribution in [-0.4, -0.2) is 18.7 Å². The summed E-state index contributed by atoms with van der Waals surface area (Å²) in [5, 5.41) is 8.74. The Morgan fingerprint density at radius 3 is 2.53 bits per heavy atom. The predicted molar refractivity (Wildman–Crippen MR) is 79.3 cm³/mol. The van der Waals surface area contributed by atoms with Crippen molar-refractivity contribution in [2.24, 2.45) is 0 Å². The lowest BCUT2D eigenvalue weighted by Gasteiger charge is -2.29. The molecule has 0 bridgehead atoms. The van der Waals surface area contributed by atoms with Gasteiger partial charge in [-0.2, -0.15) is 5.26 Å². The Balaban J connectivity index is 3.00. The molecule has 0 amide bonds. The molecule has 0 aliphatic rings. The molecule has 0 unspecified atom stereocenters. The van der Waals surface area contributed by atoms with Gasteiger partial charge in [-0.05, 0) is 39.8 Å². The number of anilines is 2. The minimum absolute atomic E-state index is 0.0872. The van der Waals surface area contributed by atoms with Crippen molar-refractivity contribution in [2.45, 2.75) is 46.3 Å². The normalized spacial score (nSPS) is 10.6. The van der Waals surface area contributed by atoms with Crippen LogP contribution >= 0.6 is 0 Å². The third-order valence-corrected chi connectivity index (χ3v) is 2.78. The van der Waals surface area contributed by atoms with E-state index in [4.69, 9.17) is 15.7 Å². The number of nitrogens with two attached hydrogens (primary N) is 1. The topological polar surface area (TPSA) is 62.3 Å². The molecule has 0 aliphatic heterocycles. The lowest BCUT2D eigenvalue weighted by Crippen LogP contribution is -2.31. The van der Waals surface area contributed by atoms with Gasteiger partial charge in [0.25, 0.3) is 0 Å². The van der Waals surface area contributed by atoms with Crippen molar-refractivity contribution in [3.8, 4) is 11.8 Å². The molecule has 0 fully saturated rings. The van der Waals surface area contributed by atoms with Crippen LogP contribution in [0.2, 0.25) is 0 Å². The number of benzene rings is 1. The maximum atomic E-state index is 8.74. The molecule has 0 saturated heterocycles. The summed E-state index contributed by atoms with van der Waals surface area (Å²) < 4.78 is 5.70. The quantitative estimate of drug-likeness (QED) is 0.799. The summed E-state index contributed by atoms with van der Waals surface area (Å²) in [5.41, 5.74) is 7.60. The maximum Gasteiger partial charge on any atom is 0.144 e. The van der Waals surface area contributed by atoms with Crippen LogP contribution in [0.25, 0.3) is 0 Å². The lowest BCUT2D eigenvalue weighted by molar-refractivity contribution is 0.244. The molecule has 1 rings (SSSR count). The van der Waals surface area contributed by atoms with Crippen molar-refractivity contribution < 1.29 is 4.74 Å². The Labute approximate surface area is 115 Å². The monoisotopic (exact) mass is 261 g/mol. The van der Waals surface area contributed by atoms with Crippen LogP contribution in [0.4, 0.5) is 11.4 Å².